The van der Waals surface area contributed by atoms with Crippen molar-refractivity contribution in [2.75, 3.05) is 13.6 Å². The molecule has 120 valence electrons. The molecule has 0 radical (unpaired) electrons. The number of carbonyl (C=O) groups is 3. The van der Waals surface area contributed by atoms with Gasteiger partial charge in [-0.05, 0) is 39.0 Å². The second kappa shape index (κ2) is 7.70. The fraction of sp³-hybridized carbons (Fsp3) is 0.438. The van der Waals surface area contributed by atoms with E-state index in [0.29, 0.717) is 24.1 Å². The zero-order valence-electron chi connectivity index (χ0n) is 13.3. The molecule has 2 fully saturated rings. The van der Waals surface area contributed by atoms with Crippen molar-refractivity contribution >= 4 is 17.7 Å². The number of carbonyl (C=O) groups excluding carboxylic acids is 3. The molecule has 22 heavy (non-hydrogen) atoms. The Kier molecular flexibility index (Phi) is 6.24. The average molecular weight is 305 g/mol. The summed E-state index contributed by atoms with van der Waals surface area (Å²) in [4.78, 5) is 36.8. The maximum atomic E-state index is 12.4. The quantitative estimate of drug-likeness (QED) is 0.579. The summed E-state index contributed by atoms with van der Waals surface area (Å²) in [6.45, 7) is 8.11. The van der Waals surface area contributed by atoms with E-state index in [9.17, 15) is 14.4 Å². The largest absolute Gasteiger partial charge is 0.333 e. The Morgan fingerprint density at radius 3 is 2.50 bits per heavy atom. The van der Waals surface area contributed by atoms with E-state index in [1.807, 2.05) is 19.9 Å². The van der Waals surface area contributed by atoms with Crippen LogP contribution in [0.4, 0.5) is 0 Å². The number of nitrogens with two attached hydrogens (primary N) is 1. The predicted octanol–water partition coefficient (Wildman–Crippen LogP) is 0.658. The summed E-state index contributed by atoms with van der Waals surface area (Å²) in [7, 11) is 1.50. The molecule has 0 saturated carbocycles. The number of allylic oxidation sites excluding steroid dienone is 3. The van der Waals surface area contributed by atoms with Crippen molar-refractivity contribution in [2.24, 2.45) is 5.73 Å². The zero-order chi connectivity index (χ0) is 16.9. The molecule has 6 heteroatoms. The molecule has 3 amide bonds. The van der Waals surface area contributed by atoms with Gasteiger partial charge in [0.05, 0.1) is 0 Å². The second-order valence-corrected chi connectivity index (χ2v) is 5.33. The molecule has 0 aromatic heterocycles. The topological polar surface area (TPSA) is 92.5 Å². The second-order valence-electron chi connectivity index (χ2n) is 5.33. The monoisotopic (exact) mass is 305 g/mol. The molecule has 2 rings (SSSR count). The Morgan fingerprint density at radius 2 is 1.95 bits per heavy atom. The van der Waals surface area contributed by atoms with E-state index in [1.54, 1.807) is 6.08 Å². The van der Waals surface area contributed by atoms with Gasteiger partial charge in [-0.15, -0.1) is 0 Å². The van der Waals surface area contributed by atoms with E-state index in [1.165, 1.54) is 11.9 Å². The first-order chi connectivity index (χ1) is 10.4. The molecule has 0 spiro atoms. The summed E-state index contributed by atoms with van der Waals surface area (Å²) >= 11 is 0. The van der Waals surface area contributed by atoms with E-state index in [2.05, 4.69) is 17.6 Å². The fourth-order valence-corrected chi connectivity index (χ4v) is 2.34. The van der Waals surface area contributed by atoms with Gasteiger partial charge in [0.25, 0.3) is 5.91 Å². The van der Waals surface area contributed by atoms with Crippen LogP contribution in [-0.4, -0.2) is 42.3 Å². The molecule has 2 aliphatic heterocycles. The van der Waals surface area contributed by atoms with Gasteiger partial charge in [0.1, 0.15) is 6.04 Å². The first-order valence-electron chi connectivity index (χ1n) is 7.16. The molecule has 0 bridgehead atoms. The molecule has 0 aromatic rings. The van der Waals surface area contributed by atoms with Gasteiger partial charge in [-0.25, -0.2) is 0 Å². The van der Waals surface area contributed by atoms with Crippen LogP contribution in [0.15, 0.2) is 35.5 Å². The lowest BCUT2D eigenvalue weighted by molar-refractivity contribution is -0.142. The van der Waals surface area contributed by atoms with Crippen LogP contribution in [0.2, 0.25) is 0 Å². The van der Waals surface area contributed by atoms with Crippen LogP contribution >= 0.6 is 0 Å². The van der Waals surface area contributed by atoms with Gasteiger partial charge in [0, 0.05) is 18.5 Å². The number of amides is 3. The summed E-state index contributed by atoms with van der Waals surface area (Å²) < 4.78 is 0. The molecule has 6 nitrogen and oxygen atoms in total. The van der Waals surface area contributed by atoms with Crippen molar-refractivity contribution in [2.45, 2.75) is 32.7 Å². The standard InChI is InChI=1S/C15H18N2O3.CH5N/c1-9(2)4-5-11-10(3)8-17(15(11)20)12-6-7-13(18)16-14(12)19;1-2/h4-5,12H,3,6-8H2,1-2H3,(H,16,18,19);2H2,1H3/b11-5+;. The van der Waals surface area contributed by atoms with Crippen LogP contribution in [-0.2, 0) is 14.4 Å². The van der Waals surface area contributed by atoms with E-state index >= 15 is 0 Å². The van der Waals surface area contributed by atoms with Gasteiger partial charge in [-0.2, -0.15) is 0 Å². The SMILES string of the molecule is C=C1CN(C2CCC(=O)NC2=O)C(=O)/C1=C/C=C(C)C.CN. The van der Waals surface area contributed by atoms with Crippen molar-refractivity contribution in [1.29, 1.82) is 0 Å². The van der Waals surface area contributed by atoms with Crippen molar-refractivity contribution < 1.29 is 14.4 Å². The van der Waals surface area contributed by atoms with Crippen molar-refractivity contribution in [3.05, 3.63) is 35.5 Å². The number of hydrogen-bond donors (Lipinski definition) is 2. The van der Waals surface area contributed by atoms with Crippen LogP contribution in [0.1, 0.15) is 26.7 Å². The van der Waals surface area contributed by atoms with Crippen molar-refractivity contribution in [1.82, 2.24) is 10.2 Å². The zero-order valence-corrected chi connectivity index (χ0v) is 13.3. The minimum absolute atomic E-state index is 0.193. The average Bonchev–Trinajstić information content (AvgIpc) is 2.74. The summed E-state index contributed by atoms with van der Waals surface area (Å²) in [5.74, 6) is -0.870. The maximum Gasteiger partial charge on any atom is 0.255 e. The molecule has 0 aromatic carbocycles. The molecular weight excluding hydrogens is 282 g/mol. The van der Waals surface area contributed by atoms with Gasteiger partial charge < -0.3 is 10.6 Å². The molecule has 3 N–H and O–H groups in total. The predicted molar refractivity (Wildman–Crippen MR) is 84.7 cm³/mol. The van der Waals surface area contributed by atoms with Crippen LogP contribution in [0.3, 0.4) is 0 Å². The highest BCUT2D eigenvalue weighted by atomic mass is 16.2. The highest BCUT2D eigenvalue weighted by Gasteiger charge is 2.39. The lowest BCUT2D eigenvalue weighted by Gasteiger charge is -2.28. The normalized spacial score (nSPS) is 23.2. The molecule has 2 aliphatic rings. The maximum absolute atomic E-state index is 12.4. The summed E-state index contributed by atoms with van der Waals surface area (Å²) in [6.07, 6.45) is 4.23. The highest BCUT2D eigenvalue weighted by molar-refractivity contribution is 6.06. The molecular formula is C16H23N3O3. The number of nitrogens with one attached hydrogen (secondary N) is 1. The number of piperidine rings is 1. The third kappa shape index (κ3) is 3.92. The van der Waals surface area contributed by atoms with E-state index in [4.69, 9.17) is 0 Å². The number of imide groups is 1. The lowest BCUT2D eigenvalue weighted by atomic mass is 10.0. The number of likely N-dealkylation sites (tertiary alicyclic amines) is 1. The smallest absolute Gasteiger partial charge is 0.255 e. The molecule has 1 atom stereocenters. The van der Waals surface area contributed by atoms with Gasteiger partial charge in [0.15, 0.2) is 0 Å². The number of nitrogens with zero attached hydrogens (tertiary/aromatic N) is 1. The van der Waals surface area contributed by atoms with E-state index in [-0.39, 0.29) is 18.2 Å². The third-order valence-electron chi connectivity index (χ3n) is 3.40. The number of rotatable bonds is 2. The third-order valence-corrected chi connectivity index (χ3v) is 3.40. The fourth-order valence-electron chi connectivity index (χ4n) is 2.34. The van der Waals surface area contributed by atoms with Gasteiger partial charge in [0.2, 0.25) is 11.8 Å². The lowest BCUT2D eigenvalue weighted by Crippen LogP contribution is -2.52. The molecule has 2 saturated heterocycles. The number of hydrogen-bond acceptors (Lipinski definition) is 4. The van der Waals surface area contributed by atoms with Gasteiger partial charge >= 0.3 is 0 Å². The van der Waals surface area contributed by atoms with E-state index < -0.39 is 11.9 Å². The van der Waals surface area contributed by atoms with Crippen LogP contribution < -0.4 is 11.1 Å². The highest BCUT2D eigenvalue weighted by Crippen LogP contribution is 2.26. The Balaban J connectivity index is 0.00000116. The van der Waals surface area contributed by atoms with Crippen LogP contribution in [0, 0.1) is 0 Å². The van der Waals surface area contributed by atoms with Crippen molar-refractivity contribution in [3.63, 3.8) is 0 Å². The Bertz CT molecular complexity index is 557. The van der Waals surface area contributed by atoms with Gasteiger partial charge in [-0.1, -0.05) is 18.2 Å². The first kappa shape index (κ1) is 17.8. The Labute approximate surface area is 130 Å². The van der Waals surface area contributed by atoms with Crippen LogP contribution in [0.5, 0.6) is 0 Å². The molecule has 2 heterocycles. The summed E-state index contributed by atoms with van der Waals surface area (Å²) in [5.41, 5.74) is 6.82. The first-order valence-corrected chi connectivity index (χ1v) is 7.16. The van der Waals surface area contributed by atoms with E-state index in [0.717, 1.165) is 5.57 Å². The molecule has 0 aliphatic carbocycles. The molecule has 1 unspecified atom stereocenters. The van der Waals surface area contributed by atoms with Crippen LogP contribution in [0.25, 0.3) is 0 Å². The summed E-state index contributed by atoms with van der Waals surface area (Å²) in [6, 6.07) is -0.574. The van der Waals surface area contributed by atoms with Gasteiger partial charge in [-0.3, -0.25) is 19.7 Å². The Morgan fingerprint density at radius 1 is 1.32 bits per heavy atom. The minimum Gasteiger partial charge on any atom is -0.333 e. The summed E-state index contributed by atoms with van der Waals surface area (Å²) in [5, 5.41) is 2.27. The van der Waals surface area contributed by atoms with Crippen molar-refractivity contribution in [3.8, 4) is 0 Å². The minimum atomic E-state index is -0.574. The Hall–Kier alpha value is -2.21.